The van der Waals surface area contributed by atoms with Gasteiger partial charge in [-0.1, -0.05) is 0 Å². The van der Waals surface area contributed by atoms with E-state index in [0.717, 1.165) is 10.9 Å². The molecule has 146 valence electrons. The molecule has 3 aliphatic rings. The summed E-state index contributed by atoms with van der Waals surface area (Å²) in [6, 6.07) is 18.4. The van der Waals surface area contributed by atoms with E-state index in [1.54, 1.807) is 11.1 Å². The van der Waals surface area contributed by atoms with Gasteiger partial charge >= 0.3 is 163 Å². The van der Waals surface area contributed by atoms with Gasteiger partial charge in [-0.2, -0.15) is 0 Å². The maximum absolute atomic E-state index is 2.80. The van der Waals surface area contributed by atoms with Crippen LogP contribution in [0.1, 0.15) is 61.6 Å². The molecular weight excluding hydrogens is 462 g/mol. The average Bonchev–Trinajstić information content (AvgIpc) is 3.33. The zero-order chi connectivity index (χ0) is 17.6. The van der Waals surface area contributed by atoms with Gasteiger partial charge in [0.15, 0.2) is 0 Å². The first kappa shape index (κ1) is 22.1. The van der Waals surface area contributed by atoms with E-state index in [2.05, 4.69) is 77.5 Å². The molecule has 0 N–H and O–H groups in total. The van der Waals surface area contributed by atoms with Crippen molar-refractivity contribution in [3.05, 3.63) is 82.9 Å². The van der Waals surface area contributed by atoms with E-state index in [1.165, 1.54) is 43.2 Å². The molecule has 2 atom stereocenters. The van der Waals surface area contributed by atoms with Gasteiger partial charge in [-0.25, -0.2) is 0 Å². The van der Waals surface area contributed by atoms with E-state index in [4.69, 9.17) is 0 Å². The maximum atomic E-state index is 2.80. The van der Waals surface area contributed by atoms with Crippen molar-refractivity contribution < 1.29 is 45.1 Å². The van der Waals surface area contributed by atoms with E-state index in [0.29, 0.717) is 0 Å². The molecule has 2 unspecified atom stereocenters. The van der Waals surface area contributed by atoms with Crippen LogP contribution in [0.4, 0.5) is 0 Å². The molecule has 3 heteroatoms. The van der Waals surface area contributed by atoms with Crippen molar-refractivity contribution >= 4 is 12.2 Å². The van der Waals surface area contributed by atoms with Gasteiger partial charge in [0.05, 0.1) is 0 Å². The van der Waals surface area contributed by atoms with Crippen LogP contribution in [-0.2, 0) is 20.3 Å². The second kappa shape index (κ2) is 9.03. The first-order chi connectivity index (χ1) is 12.8. The standard InChI is InChI=1S/2C9H7.C6H11.CH3.2ClH.Zr/c2*1-2-5-9-7-3-6-8(9)4-1;1-2-4-6-5-3-1;;;;/h2*1-7H;1H,2-6H2;1H3;2*1H;/q;;;;;;+2/p-2. The van der Waals surface area contributed by atoms with Crippen LogP contribution in [0.3, 0.4) is 0 Å². The Morgan fingerprint density at radius 3 is 1.64 bits per heavy atom. The third-order valence-electron chi connectivity index (χ3n) is 7.42. The van der Waals surface area contributed by atoms with Gasteiger partial charge in [-0.15, -0.1) is 0 Å². The van der Waals surface area contributed by atoms with Crippen LogP contribution in [-0.4, -0.2) is 0 Å². The van der Waals surface area contributed by atoms with Crippen LogP contribution in [0.25, 0.3) is 12.2 Å². The fourth-order valence-electron chi connectivity index (χ4n) is 6.01. The predicted molar refractivity (Wildman–Crippen MR) is 109 cm³/mol. The number of hydrogen-bond acceptors (Lipinski definition) is 0. The molecule has 0 amide bonds. The summed E-state index contributed by atoms with van der Waals surface area (Å²) in [6.45, 7) is 0. The van der Waals surface area contributed by atoms with Crippen molar-refractivity contribution in [1.82, 2.24) is 0 Å². The molecule has 28 heavy (non-hydrogen) atoms. The number of rotatable bonds is 3. The Morgan fingerprint density at radius 1 is 0.679 bits per heavy atom. The van der Waals surface area contributed by atoms with Gasteiger partial charge in [0.1, 0.15) is 0 Å². The molecule has 1 fully saturated rings. The summed E-state index contributed by atoms with van der Waals surface area (Å²) < 4.78 is 5.26. The van der Waals surface area contributed by atoms with E-state index >= 15 is 0 Å². The van der Waals surface area contributed by atoms with E-state index in [-0.39, 0.29) is 24.8 Å². The van der Waals surface area contributed by atoms with Gasteiger partial charge in [-0.05, 0) is 0 Å². The minimum absolute atomic E-state index is 0. The zero-order valence-corrected chi connectivity index (χ0v) is 20.4. The number of allylic oxidation sites excluding steroid dienone is 2. The number of halogens is 2. The van der Waals surface area contributed by atoms with Crippen molar-refractivity contribution in [3.8, 4) is 0 Å². The predicted octanol–water partition coefficient (Wildman–Crippen LogP) is 1.49. The van der Waals surface area contributed by atoms with Gasteiger partial charge in [0.2, 0.25) is 0 Å². The topological polar surface area (TPSA) is 0 Å². The molecule has 0 aromatic heterocycles. The molecule has 5 rings (SSSR count). The van der Waals surface area contributed by atoms with E-state index in [1.807, 2.05) is 0 Å². The fraction of sp³-hybridized carbons (Fsp3) is 0.360. The molecule has 0 heterocycles. The summed E-state index contributed by atoms with van der Waals surface area (Å²) in [7, 11) is 0. The van der Waals surface area contributed by atoms with E-state index < -0.39 is 20.3 Å². The second-order valence-electron chi connectivity index (χ2n) is 8.63. The minimum Gasteiger partial charge on any atom is -1.00 e. The molecule has 0 spiro atoms. The molecule has 0 nitrogen and oxygen atoms in total. The summed E-state index contributed by atoms with van der Waals surface area (Å²) in [6.07, 6.45) is 17.4. The normalized spacial score (nSPS) is 23.5. The van der Waals surface area contributed by atoms with Crippen LogP contribution in [0.2, 0.25) is 8.26 Å². The number of benzene rings is 2. The van der Waals surface area contributed by atoms with Crippen LogP contribution in [0, 0.1) is 0 Å². The van der Waals surface area contributed by atoms with Gasteiger partial charge < -0.3 is 24.8 Å². The van der Waals surface area contributed by atoms with Crippen molar-refractivity contribution in [2.75, 3.05) is 0 Å². The first-order valence-electron chi connectivity index (χ1n) is 10.3. The van der Waals surface area contributed by atoms with Crippen molar-refractivity contribution in [1.29, 1.82) is 0 Å². The molecule has 0 aliphatic heterocycles. The van der Waals surface area contributed by atoms with Crippen molar-refractivity contribution in [2.24, 2.45) is 0 Å². The largest absolute Gasteiger partial charge is 1.00 e. The summed E-state index contributed by atoms with van der Waals surface area (Å²) >= 11 is -2.63. The Kier molecular flexibility index (Phi) is 7.12. The summed E-state index contributed by atoms with van der Waals surface area (Å²) in [5.74, 6) is 0. The molecule has 2 aromatic carbocycles. The van der Waals surface area contributed by atoms with Crippen LogP contribution >= 0.6 is 0 Å². The smallest absolute Gasteiger partial charge is 1.00 e. The van der Waals surface area contributed by atoms with Crippen molar-refractivity contribution in [3.63, 3.8) is 0 Å². The van der Waals surface area contributed by atoms with E-state index in [9.17, 15) is 0 Å². The maximum Gasteiger partial charge on any atom is -1.00 e. The number of fused-ring (bicyclic) bond motifs is 2. The third-order valence-corrected chi connectivity index (χ3v) is 22.2. The van der Waals surface area contributed by atoms with Crippen LogP contribution < -0.4 is 24.8 Å². The molecule has 3 aliphatic carbocycles. The molecule has 2 aromatic rings. The summed E-state index contributed by atoms with van der Waals surface area (Å²) in [5, 5.41) is 0. The molecule has 0 radical (unpaired) electrons. The molecule has 0 saturated heterocycles. The minimum atomic E-state index is -2.63. The van der Waals surface area contributed by atoms with Gasteiger partial charge in [0.25, 0.3) is 0 Å². The van der Waals surface area contributed by atoms with Gasteiger partial charge in [0, 0.05) is 0 Å². The van der Waals surface area contributed by atoms with Crippen LogP contribution in [0.15, 0.2) is 60.7 Å². The molecular formula is C25H28Cl2Zr. The third kappa shape index (κ3) is 3.53. The Hall–Kier alpha value is -0.617. The SMILES string of the molecule is [CH3][Zr+2]([CH]1CCCCC1)([CH]1C=Cc2ccccc21)[CH]1C=Cc2ccccc21.[Cl-].[Cl-]. The Balaban J connectivity index is 0.00000112. The first-order valence-corrected chi connectivity index (χ1v) is 17.0. The summed E-state index contributed by atoms with van der Waals surface area (Å²) in [5.41, 5.74) is 6.22. The zero-order valence-electron chi connectivity index (χ0n) is 16.5. The van der Waals surface area contributed by atoms with Gasteiger partial charge in [-0.3, -0.25) is 0 Å². The Bertz CT molecular complexity index is 818. The number of hydrogen-bond donors (Lipinski definition) is 0. The monoisotopic (exact) mass is 488 g/mol. The van der Waals surface area contributed by atoms with Crippen molar-refractivity contribution in [2.45, 2.75) is 47.6 Å². The quantitative estimate of drug-likeness (QED) is 0.612. The fourth-order valence-corrected chi connectivity index (χ4v) is 20.6. The molecule has 0 bridgehead atoms. The van der Waals surface area contributed by atoms with Crippen LogP contribution in [0.5, 0.6) is 0 Å². The summed E-state index contributed by atoms with van der Waals surface area (Å²) in [4.78, 5) is 0. The average molecular weight is 491 g/mol. The Morgan fingerprint density at radius 2 is 1.14 bits per heavy atom. The Labute approximate surface area is 186 Å². The second-order valence-corrected chi connectivity index (χ2v) is 20.4. The molecule has 1 saturated carbocycles.